The smallest absolute Gasteiger partial charge is 0.0257 e. The minimum atomic E-state index is 0.375. The molecule has 0 bridgehead atoms. The van der Waals surface area contributed by atoms with Crippen molar-refractivity contribution in [2.75, 3.05) is 0 Å². The third kappa shape index (κ3) is 45.6. The molecule has 0 radical (unpaired) electrons. The summed E-state index contributed by atoms with van der Waals surface area (Å²) in [4.78, 5) is 0. The van der Waals surface area contributed by atoms with Crippen molar-refractivity contribution in [2.24, 2.45) is 101 Å². The Hall–Kier alpha value is 0. The van der Waals surface area contributed by atoms with Crippen molar-refractivity contribution in [3.8, 4) is 0 Å². The molecule has 3 aliphatic carbocycles. The molecule has 0 nitrogen and oxygen atoms in total. The van der Waals surface area contributed by atoms with Gasteiger partial charge in [0.2, 0.25) is 0 Å². The molecule has 0 atom stereocenters. The van der Waals surface area contributed by atoms with Crippen molar-refractivity contribution in [3.63, 3.8) is 0 Å². The SMILES string of the molecule is CC(C(C)(C)C)C(C)(C)C.CC(C)(C)C(C)(C)C.CC(C)(C)C(C)(C)C(C)(C)C.CC(C)C(C)(C)C.CC(C)C(C)C(C)C.CC1(C)CCCC1.CC1CCCCC1.CCC(C)(C)C(C)C.CCC1CCCC1. The number of hydrogen-bond acceptors (Lipinski definition) is 0. The van der Waals surface area contributed by atoms with Crippen LogP contribution >= 0.6 is 0 Å². The molecule has 73 heavy (non-hydrogen) atoms. The van der Waals surface area contributed by atoms with E-state index in [1.165, 1.54) is 96.3 Å². The fraction of sp³-hybridized carbons (Fsp3) is 1.00. The average Bonchev–Trinajstić information content (AvgIpc) is 3.88. The van der Waals surface area contributed by atoms with Crippen LogP contribution in [0.5, 0.6) is 0 Å². The van der Waals surface area contributed by atoms with E-state index in [9.17, 15) is 0 Å². The van der Waals surface area contributed by atoms with Crippen molar-refractivity contribution >= 4 is 0 Å². The van der Waals surface area contributed by atoms with Crippen molar-refractivity contribution in [1.82, 2.24) is 0 Å². The highest BCUT2D eigenvalue weighted by Crippen LogP contribution is 2.50. The van der Waals surface area contributed by atoms with Crippen LogP contribution in [0.2, 0.25) is 0 Å². The van der Waals surface area contributed by atoms with Gasteiger partial charge in [-0.15, -0.1) is 0 Å². The van der Waals surface area contributed by atoms with Gasteiger partial charge in [-0.25, -0.2) is 0 Å². The summed E-state index contributed by atoms with van der Waals surface area (Å²) in [6.45, 7) is 92.0. The molecule has 0 aromatic rings. The normalized spacial score (nSPS) is 17.2. The van der Waals surface area contributed by atoms with E-state index < -0.39 is 0 Å². The third-order valence-electron chi connectivity index (χ3n) is 20.8. The van der Waals surface area contributed by atoms with Crippen LogP contribution in [0.3, 0.4) is 0 Å². The minimum Gasteiger partial charge on any atom is -0.0651 e. The highest BCUT2D eigenvalue weighted by molar-refractivity contribution is 4.91. The fourth-order valence-corrected chi connectivity index (χ4v) is 7.66. The lowest BCUT2D eigenvalue weighted by Crippen LogP contribution is -2.41. The molecule has 3 aliphatic rings. The van der Waals surface area contributed by atoms with Crippen LogP contribution in [0.4, 0.5) is 0 Å². The van der Waals surface area contributed by atoms with Crippen LogP contribution < -0.4 is 0 Å². The number of hydrogen-bond donors (Lipinski definition) is 0. The maximum absolute atomic E-state index is 2.36. The Morgan fingerprint density at radius 3 is 0.740 bits per heavy atom. The van der Waals surface area contributed by atoms with E-state index in [1.807, 2.05) is 0 Å². The van der Waals surface area contributed by atoms with E-state index in [0.29, 0.717) is 54.1 Å². The maximum atomic E-state index is 2.36. The van der Waals surface area contributed by atoms with E-state index in [0.717, 1.165) is 47.3 Å². The molecular weight excluding hydrogens is 877 g/mol. The Labute approximate surface area is 472 Å². The van der Waals surface area contributed by atoms with Crippen LogP contribution in [0.1, 0.15) is 373 Å². The lowest BCUT2D eigenvalue weighted by atomic mass is 9.56. The molecule has 0 N–H and O–H groups in total. The predicted molar refractivity (Wildman–Crippen MR) is 348 cm³/mol. The molecule has 3 saturated carbocycles. The van der Waals surface area contributed by atoms with Gasteiger partial charge in [0, 0.05) is 0 Å². The highest BCUT2D eigenvalue weighted by Gasteiger charge is 2.42. The molecule has 450 valence electrons. The quantitative estimate of drug-likeness (QED) is 0.257. The summed E-state index contributed by atoms with van der Waals surface area (Å²) in [5.74, 6) is 7.06. The summed E-state index contributed by atoms with van der Waals surface area (Å²) in [7, 11) is 0. The lowest BCUT2D eigenvalue weighted by molar-refractivity contribution is 0.00575. The van der Waals surface area contributed by atoms with E-state index in [1.54, 1.807) is 0 Å². The summed E-state index contributed by atoms with van der Waals surface area (Å²) in [5, 5.41) is 0. The zero-order valence-electron chi connectivity index (χ0n) is 60.2. The molecular formula is C73H158. The highest BCUT2D eigenvalue weighted by atomic mass is 14.5. The van der Waals surface area contributed by atoms with Crippen LogP contribution in [-0.4, -0.2) is 0 Å². The van der Waals surface area contributed by atoms with Crippen LogP contribution in [0, 0.1) is 101 Å². The van der Waals surface area contributed by atoms with Gasteiger partial charge in [-0.1, -0.05) is 360 Å². The van der Waals surface area contributed by atoms with Crippen LogP contribution in [0.15, 0.2) is 0 Å². The van der Waals surface area contributed by atoms with Crippen molar-refractivity contribution < 1.29 is 0 Å². The van der Waals surface area contributed by atoms with E-state index in [4.69, 9.17) is 0 Å². The first-order chi connectivity index (χ1) is 31.9. The largest absolute Gasteiger partial charge is 0.0651 e. The second-order valence-corrected chi connectivity index (χ2v) is 35.1. The molecule has 0 aromatic carbocycles. The first-order valence-electron chi connectivity index (χ1n) is 31.9. The molecule has 3 rings (SSSR count). The van der Waals surface area contributed by atoms with E-state index in [-0.39, 0.29) is 0 Å². The Morgan fingerprint density at radius 2 is 0.671 bits per heavy atom. The average molecular weight is 1040 g/mol. The van der Waals surface area contributed by atoms with Gasteiger partial charge in [-0.2, -0.15) is 0 Å². The summed E-state index contributed by atoms with van der Waals surface area (Å²) in [6, 6.07) is 0. The molecule has 0 amide bonds. The summed E-state index contributed by atoms with van der Waals surface area (Å²) in [6.07, 6.45) is 22.0. The first-order valence-corrected chi connectivity index (χ1v) is 31.9. The van der Waals surface area contributed by atoms with Gasteiger partial charge in [-0.05, 0) is 114 Å². The topological polar surface area (TPSA) is 0 Å². The van der Waals surface area contributed by atoms with Gasteiger partial charge in [0.25, 0.3) is 0 Å². The first kappa shape index (κ1) is 84.3. The Bertz CT molecular complexity index is 1150. The second kappa shape index (κ2) is 37.0. The molecule has 0 aromatic heterocycles. The van der Waals surface area contributed by atoms with Crippen molar-refractivity contribution in [2.45, 2.75) is 373 Å². The standard InChI is InChI=1S/C11H24.C10H22.3C8H18.3C7H14.C7H16/c1-9(2,3)11(7,8)10(4,5)6;1-8(9(2,3)4)10(5,6)7;1-7(2,3)8(4,5)6;1-6-8(4,5)7(2)3;1-6(2)8(5)7(3)4;1-7(2)5-3-4-6-7;1-7-5-3-2-4-6-7;1-2-7-5-3-4-6-7;1-6(2)7(3,4)5/h1-8H3;8H,1-7H3;1-6H3;7H,6H2,1-5H3;6-8H,1-5H3;3-6H2,1-2H3;2*7H,2-6H2,1H3;6H,1-5H3. The monoisotopic (exact) mass is 1040 g/mol. The molecule has 3 fully saturated rings. The Morgan fingerprint density at radius 1 is 0.384 bits per heavy atom. The van der Waals surface area contributed by atoms with Crippen LogP contribution in [-0.2, 0) is 0 Å². The van der Waals surface area contributed by atoms with Gasteiger partial charge in [-0.3, -0.25) is 0 Å². The number of rotatable bonds is 5. The van der Waals surface area contributed by atoms with E-state index in [2.05, 4.69) is 277 Å². The molecule has 0 saturated heterocycles. The molecule has 0 spiro atoms. The molecule has 0 heterocycles. The van der Waals surface area contributed by atoms with Gasteiger partial charge in [0.15, 0.2) is 0 Å². The second-order valence-electron chi connectivity index (χ2n) is 35.1. The fourth-order valence-electron chi connectivity index (χ4n) is 7.66. The van der Waals surface area contributed by atoms with Gasteiger partial charge in [0.1, 0.15) is 0 Å². The maximum Gasteiger partial charge on any atom is -0.0257 e. The summed E-state index contributed by atoms with van der Waals surface area (Å²) in [5.41, 5.74) is 4.63. The van der Waals surface area contributed by atoms with Gasteiger partial charge < -0.3 is 0 Å². The molecule has 0 unspecified atom stereocenters. The minimum absolute atomic E-state index is 0.375. The van der Waals surface area contributed by atoms with Crippen molar-refractivity contribution in [1.29, 1.82) is 0 Å². The lowest BCUT2D eigenvalue weighted by Gasteiger charge is -2.49. The molecule has 0 heteroatoms. The Kier molecular flexibility index (Phi) is 42.8. The van der Waals surface area contributed by atoms with E-state index >= 15 is 0 Å². The van der Waals surface area contributed by atoms with Crippen molar-refractivity contribution in [3.05, 3.63) is 0 Å². The summed E-state index contributed by atoms with van der Waals surface area (Å²) >= 11 is 0. The predicted octanol–water partition coefficient (Wildman–Crippen LogP) is 27.4. The van der Waals surface area contributed by atoms with Gasteiger partial charge in [0.05, 0.1) is 0 Å². The zero-order chi connectivity index (χ0) is 60.2. The van der Waals surface area contributed by atoms with Crippen LogP contribution in [0.25, 0.3) is 0 Å². The molecule has 0 aliphatic heterocycles. The summed E-state index contributed by atoms with van der Waals surface area (Å²) < 4.78 is 0. The third-order valence-corrected chi connectivity index (χ3v) is 20.8. The zero-order valence-corrected chi connectivity index (χ0v) is 60.2. The Balaban J connectivity index is -0.000000174. The van der Waals surface area contributed by atoms with Gasteiger partial charge >= 0.3 is 0 Å².